The van der Waals surface area contributed by atoms with E-state index in [2.05, 4.69) is 10.6 Å². The van der Waals surface area contributed by atoms with Gasteiger partial charge in [-0.05, 0) is 37.8 Å². The van der Waals surface area contributed by atoms with E-state index in [1.165, 1.54) is 6.07 Å². The van der Waals surface area contributed by atoms with Crippen molar-refractivity contribution in [3.05, 3.63) is 29.6 Å². The maximum absolute atomic E-state index is 13.9. The number of hydrogen-bond donors (Lipinski definition) is 2. The van der Waals surface area contributed by atoms with Crippen LogP contribution < -0.4 is 10.6 Å². The Morgan fingerprint density at radius 1 is 1.43 bits per heavy atom. The molecule has 2 fully saturated rings. The SMILES string of the molecule is CCCNc1c(F)cccc1C(=O)NC1CC2CCC1O2. The Bertz CT molecular complexity index is 535. The standard InChI is InChI=1S/C16H21FN2O2/c1-2-8-18-15-11(4-3-5-12(15)17)16(20)19-13-9-10-6-7-14(13)21-10/h3-5,10,13-14,18H,2,6-9H2,1H3,(H,19,20). The number of amides is 1. The average molecular weight is 292 g/mol. The number of ether oxygens (including phenoxy) is 1. The zero-order chi connectivity index (χ0) is 14.8. The molecule has 4 nitrogen and oxygen atoms in total. The van der Waals surface area contributed by atoms with Crippen molar-refractivity contribution < 1.29 is 13.9 Å². The van der Waals surface area contributed by atoms with Gasteiger partial charge in [-0.2, -0.15) is 0 Å². The van der Waals surface area contributed by atoms with E-state index in [0.29, 0.717) is 17.8 Å². The minimum Gasteiger partial charge on any atom is -0.382 e. The number of fused-ring (bicyclic) bond motifs is 2. The Labute approximate surface area is 124 Å². The number of halogens is 1. The Kier molecular flexibility index (Phi) is 4.10. The van der Waals surface area contributed by atoms with Crippen LogP contribution >= 0.6 is 0 Å². The van der Waals surface area contributed by atoms with Crippen LogP contribution in [0.4, 0.5) is 10.1 Å². The van der Waals surface area contributed by atoms with Gasteiger partial charge in [0.2, 0.25) is 0 Å². The predicted molar refractivity (Wildman–Crippen MR) is 78.9 cm³/mol. The van der Waals surface area contributed by atoms with E-state index in [-0.39, 0.29) is 30.0 Å². The van der Waals surface area contributed by atoms with Gasteiger partial charge in [0.1, 0.15) is 5.82 Å². The molecule has 2 N–H and O–H groups in total. The lowest BCUT2D eigenvalue weighted by atomic mass is 9.95. The van der Waals surface area contributed by atoms with E-state index in [1.54, 1.807) is 12.1 Å². The van der Waals surface area contributed by atoms with Gasteiger partial charge in [0.05, 0.1) is 29.5 Å². The fraction of sp³-hybridized carbons (Fsp3) is 0.562. The molecule has 0 aliphatic carbocycles. The van der Waals surface area contributed by atoms with Gasteiger partial charge in [-0.25, -0.2) is 4.39 Å². The number of hydrogen-bond acceptors (Lipinski definition) is 3. The van der Waals surface area contributed by atoms with Gasteiger partial charge in [-0.1, -0.05) is 13.0 Å². The summed E-state index contributed by atoms with van der Waals surface area (Å²) in [5, 5.41) is 6.00. The largest absolute Gasteiger partial charge is 0.382 e. The second-order valence-corrected chi connectivity index (χ2v) is 5.78. The third-order valence-electron chi connectivity index (χ3n) is 4.23. The molecule has 114 valence electrons. The molecule has 0 aromatic heterocycles. The fourth-order valence-corrected chi connectivity index (χ4v) is 3.18. The Morgan fingerprint density at radius 3 is 2.95 bits per heavy atom. The third-order valence-corrected chi connectivity index (χ3v) is 4.23. The van der Waals surface area contributed by atoms with E-state index >= 15 is 0 Å². The first-order valence-corrected chi connectivity index (χ1v) is 7.67. The van der Waals surface area contributed by atoms with Gasteiger partial charge in [-0.3, -0.25) is 4.79 Å². The summed E-state index contributed by atoms with van der Waals surface area (Å²) in [7, 11) is 0. The molecule has 2 aliphatic rings. The molecule has 0 radical (unpaired) electrons. The van der Waals surface area contributed by atoms with Crippen molar-refractivity contribution in [1.29, 1.82) is 0 Å². The molecule has 2 aliphatic heterocycles. The first kappa shape index (κ1) is 14.3. The average Bonchev–Trinajstić information content (AvgIpc) is 3.08. The van der Waals surface area contributed by atoms with Gasteiger partial charge in [-0.15, -0.1) is 0 Å². The lowest BCUT2D eigenvalue weighted by Crippen LogP contribution is -2.41. The van der Waals surface area contributed by atoms with Crippen LogP contribution in [0.15, 0.2) is 18.2 Å². The normalized spacial score (nSPS) is 26.9. The number of rotatable bonds is 5. The van der Waals surface area contributed by atoms with Crippen LogP contribution in [0, 0.1) is 5.82 Å². The van der Waals surface area contributed by atoms with Crippen LogP contribution in [0.3, 0.4) is 0 Å². The van der Waals surface area contributed by atoms with Crippen LogP contribution in [0.25, 0.3) is 0 Å². The highest BCUT2D eigenvalue weighted by atomic mass is 19.1. The van der Waals surface area contributed by atoms with Gasteiger partial charge < -0.3 is 15.4 Å². The molecule has 5 heteroatoms. The predicted octanol–water partition coefficient (Wildman–Crippen LogP) is 2.70. The highest BCUT2D eigenvalue weighted by molar-refractivity contribution is 6.00. The molecule has 1 aromatic carbocycles. The Morgan fingerprint density at radius 2 is 2.29 bits per heavy atom. The lowest BCUT2D eigenvalue weighted by Gasteiger charge is -2.21. The van der Waals surface area contributed by atoms with Crippen molar-refractivity contribution in [2.75, 3.05) is 11.9 Å². The Hall–Kier alpha value is -1.62. The molecule has 3 rings (SSSR count). The number of benzene rings is 1. The van der Waals surface area contributed by atoms with Crippen molar-refractivity contribution in [1.82, 2.24) is 5.32 Å². The zero-order valence-electron chi connectivity index (χ0n) is 12.2. The third kappa shape index (κ3) is 2.88. The molecule has 3 atom stereocenters. The number of anilines is 1. The van der Waals surface area contributed by atoms with Crippen LogP contribution in [0.5, 0.6) is 0 Å². The van der Waals surface area contributed by atoms with Crippen LogP contribution in [-0.4, -0.2) is 30.7 Å². The summed E-state index contributed by atoms with van der Waals surface area (Å²) in [6.07, 6.45) is 4.23. The highest BCUT2D eigenvalue weighted by Gasteiger charge is 2.41. The van der Waals surface area contributed by atoms with E-state index in [0.717, 1.165) is 25.7 Å². The van der Waals surface area contributed by atoms with Crippen LogP contribution in [-0.2, 0) is 4.74 Å². The first-order valence-electron chi connectivity index (χ1n) is 7.67. The van der Waals surface area contributed by atoms with Crippen molar-refractivity contribution in [3.63, 3.8) is 0 Å². The molecule has 0 spiro atoms. The topological polar surface area (TPSA) is 50.4 Å². The maximum Gasteiger partial charge on any atom is 0.253 e. The molecule has 0 saturated carbocycles. The van der Waals surface area contributed by atoms with Crippen molar-refractivity contribution >= 4 is 11.6 Å². The molecule has 2 heterocycles. The molecule has 1 amide bonds. The van der Waals surface area contributed by atoms with E-state index < -0.39 is 0 Å². The van der Waals surface area contributed by atoms with Gasteiger partial charge in [0.15, 0.2) is 0 Å². The van der Waals surface area contributed by atoms with Gasteiger partial charge >= 0.3 is 0 Å². The smallest absolute Gasteiger partial charge is 0.253 e. The summed E-state index contributed by atoms with van der Waals surface area (Å²) in [6, 6.07) is 4.65. The monoisotopic (exact) mass is 292 g/mol. The summed E-state index contributed by atoms with van der Waals surface area (Å²) in [5.41, 5.74) is 0.659. The van der Waals surface area contributed by atoms with E-state index in [4.69, 9.17) is 4.74 Å². The van der Waals surface area contributed by atoms with Gasteiger partial charge in [0.25, 0.3) is 5.91 Å². The molecule has 21 heavy (non-hydrogen) atoms. The second-order valence-electron chi connectivity index (χ2n) is 5.78. The molecular formula is C16H21FN2O2. The summed E-state index contributed by atoms with van der Waals surface area (Å²) in [6.45, 7) is 2.64. The van der Waals surface area contributed by atoms with Crippen molar-refractivity contribution in [3.8, 4) is 0 Å². The molecule has 2 saturated heterocycles. The Balaban J connectivity index is 1.73. The molecule has 3 unspecified atom stereocenters. The first-order chi connectivity index (χ1) is 10.2. The van der Waals surface area contributed by atoms with E-state index in [1.807, 2.05) is 6.92 Å². The quantitative estimate of drug-likeness (QED) is 0.877. The van der Waals surface area contributed by atoms with Crippen LogP contribution in [0.2, 0.25) is 0 Å². The number of nitrogens with one attached hydrogen (secondary N) is 2. The minimum atomic E-state index is -0.389. The summed E-state index contributed by atoms with van der Waals surface area (Å²) < 4.78 is 19.7. The van der Waals surface area contributed by atoms with E-state index in [9.17, 15) is 9.18 Å². The molecule has 1 aromatic rings. The van der Waals surface area contributed by atoms with Crippen molar-refractivity contribution in [2.45, 2.75) is 50.9 Å². The lowest BCUT2D eigenvalue weighted by molar-refractivity contribution is 0.0841. The highest BCUT2D eigenvalue weighted by Crippen LogP contribution is 2.34. The maximum atomic E-state index is 13.9. The molecule has 2 bridgehead atoms. The number of carbonyl (C=O) groups is 1. The fourth-order valence-electron chi connectivity index (χ4n) is 3.18. The summed E-state index contributed by atoms with van der Waals surface area (Å²) in [4.78, 5) is 12.4. The number of para-hydroxylation sites is 1. The summed E-state index contributed by atoms with van der Waals surface area (Å²) >= 11 is 0. The van der Waals surface area contributed by atoms with Crippen molar-refractivity contribution in [2.24, 2.45) is 0 Å². The van der Waals surface area contributed by atoms with Gasteiger partial charge in [0, 0.05) is 6.54 Å². The number of carbonyl (C=O) groups excluding carboxylic acids is 1. The summed E-state index contributed by atoms with van der Waals surface area (Å²) in [5.74, 6) is -0.616. The zero-order valence-corrected chi connectivity index (χ0v) is 12.2. The minimum absolute atomic E-state index is 0.0542. The van der Waals surface area contributed by atoms with Crippen LogP contribution in [0.1, 0.15) is 43.0 Å². The second kappa shape index (κ2) is 6.02. The molecular weight excluding hydrogens is 271 g/mol.